The van der Waals surface area contributed by atoms with Gasteiger partial charge < -0.3 is 9.64 Å². The maximum Gasteiger partial charge on any atom is 0.245 e. The third kappa shape index (κ3) is 2.82. The van der Waals surface area contributed by atoms with Gasteiger partial charge in [-0.25, -0.2) is 0 Å². The number of aromatic nitrogens is 4. The van der Waals surface area contributed by atoms with Crippen molar-refractivity contribution in [1.82, 2.24) is 24.9 Å². The average Bonchev–Trinajstić information content (AvgIpc) is 3.07. The van der Waals surface area contributed by atoms with Gasteiger partial charge in [0.1, 0.15) is 6.54 Å². The molecule has 1 aliphatic rings. The molecule has 0 bridgehead atoms. The summed E-state index contributed by atoms with van der Waals surface area (Å²) in [7, 11) is 0. The number of aromatic amines is 1. The van der Waals surface area contributed by atoms with E-state index >= 15 is 0 Å². The zero-order valence-corrected chi connectivity index (χ0v) is 12.2. The highest BCUT2D eigenvalue weighted by Crippen LogP contribution is 2.25. The normalized spacial score (nSPS) is 19.0. The lowest BCUT2D eigenvalue weighted by Gasteiger charge is -2.35. The second kappa shape index (κ2) is 5.69. The van der Waals surface area contributed by atoms with Gasteiger partial charge in [0.25, 0.3) is 0 Å². The van der Waals surface area contributed by atoms with Crippen LogP contribution in [0, 0.1) is 13.8 Å². The Balaban J connectivity index is 1.77. The Labute approximate surface area is 122 Å². The van der Waals surface area contributed by atoms with Gasteiger partial charge >= 0.3 is 0 Å². The highest BCUT2D eigenvalue weighted by Gasteiger charge is 2.30. The number of carbonyl (C=O) groups is 1. The lowest BCUT2D eigenvalue weighted by atomic mass is 10.1. The number of nitrogens with zero attached hydrogens (tertiary/aromatic N) is 4. The van der Waals surface area contributed by atoms with E-state index in [1.165, 1.54) is 0 Å². The summed E-state index contributed by atoms with van der Waals surface area (Å²) in [4.78, 5) is 14.4. The molecule has 7 heteroatoms. The Kier molecular flexibility index (Phi) is 3.74. The Morgan fingerprint density at radius 1 is 1.48 bits per heavy atom. The molecule has 3 heterocycles. The molecule has 1 amide bonds. The number of ether oxygens (including phenoxy) is 1. The van der Waals surface area contributed by atoms with Gasteiger partial charge in [-0.2, -0.15) is 10.2 Å². The first-order valence-corrected chi connectivity index (χ1v) is 7.01. The van der Waals surface area contributed by atoms with Crippen molar-refractivity contribution in [3.05, 3.63) is 35.4 Å². The SMILES string of the molecule is Cc1cnn(CC(=O)N2CCOC[C@H]2c2[nH]ncc2C)c1. The van der Waals surface area contributed by atoms with E-state index < -0.39 is 0 Å². The van der Waals surface area contributed by atoms with Gasteiger partial charge in [-0.15, -0.1) is 0 Å². The van der Waals surface area contributed by atoms with Crippen molar-refractivity contribution in [3.8, 4) is 0 Å². The largest absolute Gasteiger partial charge is 0.377 e. The van der Waals surface area contributed by atoms with Crippen LogP contribution in [0.1, 0.15) is 22.9 Å². The quantitative estimate of drug-likeness (QED) is 0.907. The smallest absolute Gasteiger partial charge is 0.245 e. The minimum Gasteiger partial charge on any atom is -0.377 e. The fraction of sp³-hybridized carbons (Fsp3) is 0.500. The maximum atomic E-state index is 12.6. The van der Waals surface area contributed by atoms with Gasteiger partial charge in [0.2, 0.25) is 5.91 Å². The average molecular weight is 289 g/mol. The molecule has 0 radical (unpaired) electrons. The first-order valence-electron chi connectivity index (χ1n) is 7.01. The third-order valence-corrected chi connectivity index (χ3v) is 3.71. The number of carbonyl (C=O) groups excluding carboxylic acids is 1. The van der Waals surface area contributed by atoms with Crippen molar-refractivity contribution in [2.24, 2.45) is 0 Å². The predicted molar refractivity (Wildman–Crippen MR) is 75.6 cm³/mol. The number of rotatable bonds is 3. The Morgan fingerprint density at radius 2 is 2.33 bits per heavy atom. The zero-order chi connectivity index (χ0) is 14.8. The van der Waals surface area contributed by atoms with Crippen molar-refractivity contribution < 1.29 is 9.53 Å². The van der Waals surface area contributed by atoms with Gasteiger partial charge in [0.15, 0.2) is 0 Å². The van der Waals surface area contributed by atoms with Gasteiger partial charge in [-0.3, -0.25) is 14.6 Å². The molecule has 0 spiro atoms. The number of hydrogen-bond acceptors (Lipinski definition) is 4. The van der Waals surface area contributed by atoms with Crippen LogP contribution in [0.25, 0.3) is 0 Å². The molecule has 7 nitrogen and oxygen atoms in total. The van der Waals surface area contributed by atoms with Crippen LogP contribution in [0.3, 0.4) is 0 Å². The molecule has 1 aliphatic heterocycles. The molecule has 0 saturated carbocycles. The molecule has 0 aromatic carbocycles. The number of morpholine rings is 1. The Bertz CT molecular complexity index is 633. The minimum atomic E-state index is -0.106. The van der Waals surface area contributed by atoms with Gasteiger partial charge in [0, 0.05) is 12.7 Å². The second-order valence-corrected chi connectivity index (χ2v) is 5.36. The van der Waals surface area contributed by atoms with Crippen LogP contribution < -0.4 is 0 Å². The fourth-order valence-electron chi connectivity index (χ4n) is 2.62. The maximum absolute atomic E-state index is 12.6. The minimum absolute atomic E-state index is 0.0420. The highest BCUT2D eigenvalue weighted by molar-refractivity contribution is 5.76. The summed E-state index contributed by atoms with van der Waals surface area (Å²) in [5, 5.41) is 11.2. The van der Waals surface area contributed by atoms with Crippen molar-refractivity contribution >= 4 is 5.91 Å². The fourth-order valence-corrected chi connectivity index (χ4v) is 2.62. The third-order valence-electron chi connectivity index (χ3n) is 3.71. The lowest BCUT2D eigenvalue weighted by Crippen LogP contribution is -2.45. The summed E-state index contributed by atoms with van der Waals surface area (Å²) in [5.41, 5.74) is 3.03. The van der Waals surface area contributed by atoms with Gasteiger partial charge in [-0.05, 0) is 25.0 Å². The van der Waals surface area contributed by atoms with Crippen LogP contribution in [0.5, 0.6) is 0 Å². The molecular formula is C14H19N5O2. The van der Waals surface area contributed by atoms with Crippen LogP contribution in [0.4, 0.5) is 0 Å². The number of aryl methyl sites for hydroxylation is 2. The van der Waals surface area contributed by atoms with E-state index in [0.29, 0.717) is 19.8 Å². The van der Waals surface area contributed by atoms with Crippen LogP contribution in [0.15, 0.2) is 18.6 Å². The molecule has 2 aromatic rings. The monoisotopic (exact) mass is 289 g/mol. The van der Waals surface area contributed by atoms with Gasteiger partial charge in [0.05, 0.1) is 37.3 Å². The van der Waals surface area contributed by atoms with E-state index in [1.54, 1.807) is 17.1 Å². The predicted octanol–water partition coefficient (Wildman–Crippen LogP) is 0.823. The van der Waals surface area contributed by atoms with Crippen LogP contribution in [0.2, 0.25) is 0 Å². The second-order valence-electron chi connectivity index (χ2n) is 5.36. The summed E-state index contributed by atoms with van der Waals surface area (Å²) in [5.74, 6) is 0.0420. The standard InChI is InChI=1S/C14H19N5O2/c1-10-5-16-18(7-10)8-13(20)19-3-4-21-9-12(19)14-11(2)6-15-17-14/h5-7,12H,3-4,8-9H2,1-2H3,(H,15,17)/t12-/m0/s1. The Hall–Kier alpha value is -2.15. The molecule has 3 rings (SSSR count). The van der Waals surface area contributed by atoms with E-state index in [0.717, 1.165) is 16.8 Å². The van der Waals surface area contributed by atoms with Crippen molar-refractivity contribution in [1.29, 1.82) is 0 Å². The van der Waals surface area contributed by atoms with Crippen molar-refractivity contribution in [2.45, 2.75) is 26.4 Å². The summed E-state index contributed by atoms with van der Waals surface area (Å²) in [6, 6.07) is -0.106. The molecule has 1 atom stereocenters. The summed E-state index contributed by atoms with van der Waals surface area (Å²) in [6.07, 6.45) is 5.39. The van der Waals surface area contributed by atoms with E-state index in [1.807, 2.05) is 24.9 Å². The molecule has 0 aliphatic carbocycles. The molecular weight excluding hydrogens is 270 g/mol. The van der Waals surface area contributed by atoms with E-state index in [4.69, 9.17) is 4.74 Å². The van der Waals surface area contributed by atoms with E-state index in [9.17, 15) is 4.79 Å². The topological polar surface area (TPSA) is 76.0 Å². The van der Waals surface area contributed by atoms with Crippen molar-refractivity contribution in [2.75, 3.05) is 19.8 Å². The summed E-state index contributed by atoms with van der Waals surface area (Å²) >= 11 is 0. The lowest BCUT2D eigenvalue weighted by molar-refractivity contribution is -0.141. The van der Waals surface area contributed by atoms with E-state index in [2.05, 4.69) is 15.3 Å². The first-order chi connectivity index (χ1) is 10.1. The molecule has 1 saturated heterocycles. The Morgan fingerprint density at radius 3 is 3.00 bits per heavy atom. The molecule has 1 N–H and O–H groups in total. The highest BCUT2D eigenvalue weighted by atomic mass is 16.5. The number of nitrogens with one attached hydrogen (secondary N) is 1. The molecule has 2 aromatic heterocycles. The molecule has 0 unspecified atom stereocenters. The van der Waals surface area contributed by atoms with Gasteiger partial charge in [-0.1, -0.05) is 0 Å². The molecule has 112 valence electrons. The number of amides is 1. The molecule has 21 heavy (non-hydrogen) atoms. The van der Waals surface area contributed by atoms with Crippen molar-refractivity contribution in [3.63, 3.8) is 0 Å². The summed E-state index contributed by atoms with van der Waals surface area (Å²) in [6.45, 7) is 5.83. The summed E-state index contributed by atoms with van der Waals surface area (Å²) < 4.78 is 7.20. The number of hydrogen-bond donors (Lipinski definition) is 1. The van der Waals surface area contributed by atoms with Crippen LogP contribution in [-0.2, 0) is 16.1 Å². The zero-order valence-electron chi connectivity index (χ0n) is 12.2. The first kappa shape index (κ1) is 13.8. The number of H-pyrrole nitrogens is 1. The van der Waals surface area contributed by atoms with E-state index in [-0.39, 0.29) is 18.5 Å². The van der Waals surface area contributed by atoms with Crippen LogP contribution >= 0.6 is 0 Å². The van der Waals surface area contributed by atoms with Crippen LogP contribution in [-0.4, -0.2) is 50.5 Å². The molecule has 1 fully saturated rings.